The van der Waals surface area contributed by atoms with E-state index in [2.05, 4.69) is 53.1 Å². The molecule has 0 bridgehead atoms. The average molecular weight is 272 g/mol. The molecule has 3 rings (SSSR count). The Morgan fingerprint density at radius 1 is 1.35 bits per heavy atom. The Balaban J connectivity index is 1.92. The molecule has 1 fully saturated rings. The lowest BCUT2D eigenvalue weighted by molar-refractivity contribution is 0.324. The molecule has 1 aliphatic rings. The van der Waals surface area contributed by atoms with E-state index >= 15 is 0 Å². The van der Waals surface area contributed by atoms with Gasteiger partial charge in [0.1, 0.15) is 5.82 Å². The van der Waals surface area contributed by atoms with Crippen LogP contribution in [0.15, 0.2) is 24.3 Å². The van der Waals surface area contributed by atoms with Crippen LogP contribution in [0.1, 0.15) is 18.7 Å². The summed E-state index contributed by atoms with van der Waals surface area (Å²) in [4.78, 5) is 7.01. The summed E-state index contributed by atoms with van der Waals surface area (Å²) >= 11 is 0. The molecule has 0 amide bonds. The summed E-state index contributed by atoms with van der Waals surface area (Å²) in [6, 6.07) is 8.49. The Morgan fingerprint density at radius 3 is 2.95 bits per heavy atom. The predicted octanol–water partition coefficient (Wildman–Crippen LogP) is 2.10. The first-order chi connectivity index (χ1) is 9.74. The van der Waals surface area contributed by atoms with Gasteiger partial charge < -0.3 is 14.8 Å². The standard InChI is InChI=1S/C16H24N4/c1-19(2)12-16-18-14-7-3-4-8-15(14)20(16)11-13-6-5-9-17-10-13/h3-4,7-8,13,17H,5-6,9-12H2,1-2H3. The molecular weight excluding hydrogens is 248 g/mol. The van der Waals surface area contributed by atoms with Gasteiger partial charge in [0.15, 0.2) is 0 Å². The van der Waals surface area contributed by atoms with Crippen molar-refractivity contribution in [2.75, 3.05) is 27.2 Å². The molecule has 20 heavy (non-hydrogen) atoms. The van der Waals surface area contributed by atoms with Crippen LogP contribution in [0.25, 0.3) is 11.0 Å². The number of nitrogens with zero attached hydrogens (tertiary/aromatic N) is 3. The fraction of sp³-hybridized carbons (Fsp3) is 0.562. The lowest BCUT2D eigenvalue weighted by atomic mass is 9.99. The zero-order chi connectivity index (χ0) is 13.9. The summed E-state index contributed by atoms with van der Waals surface area (Å²) in [5.41, 5.74) is 2.39. The van der Waals surface area contributed by atoms with Gasteiger partial charge in [-0.15, -0.1) is 0 Å². The quantitative estimate of drug-likeness (QED) is 0.925. The first-order valence-corrected chi connectivity index (χ1v) is 7.53. The van der Waals surface area contributed by atoms with Crippen molar-refractivity contribution in [3.63, 3.8) is 0 Å². The van der Waals surface area contributed by atoms with E-state index < -0.39 is 0 Å². The monoisotopic (exact) mass is 272 g/mol. The molecule has 4 nitrogen and oxygen atoms in total. The van der Waals surface area contributed by atoms with Gasteiger partial charge in [-0.2, -0.15) is 0 Å². The molecule has 0 radical (unpaired) electrons. The highest BCUT2D eigenvalue weighted by Gasteiger charge is 2.17. The van der Waals surface area contributed by atoms with Crippen molar-refractivity contribution in [2.24, 2.45) is 5.92 Å². The van der Waals surface area contributed by atoms with Crippen LogP contribution < -0.4 is 5.32 Å². The van der Waals surface area contributed by atoms with Gasteiger partial charge in [0.05, 0.1) is 17.6 Å². The van der Waals surface area contributed by atoms with Gasteiger partial charge in [0.2, 0.25) is 0 Å². The number of hydrogen-bond donors (Lipinski definition) is 1. The highest BCUT2D eigenvalue weighted by molar-refractivity contribution is 5.75. The Kier molecular flexibility index (Phi) is 4.03. The molecule has 0 spiro atoms. The topological polar surface area (TPSA) is 33.1 Å². The van der Waals surface area contributed by atoms with Crippen LogP contribution in [0.3, 0.4) is 0 Å². The summed E-state index contributed by atoms with van der Waals surface area (Å²) in [7, 11) is 4.21. The van der Waals surface area contributed by atoms with Crippen LogP contribution in [-0.4, -0.2) is 41.6 Å². The van der Waals surface area contributed by atoms with Crippen LogP contribution >= 0.6 is 0 Å². The van der Waals surface area contributed by atoms with Crippen molar-refractivity contribution in [1.29, 1.82) is 0 Å². The molecule has 1 unspecified atom stereocenters. The molecule has 2 aromatic rings. The third kappa shape index (κ3) is 2.86. The number of fused-ring (bicyclic) bond motifs is 1. The van der Waals surface area contributed by atoms with E-state index in [1.54, 1.807) is 0 Å². The van der Waals surface area contributed by atoms with Gasteiger partial charge in [0.25, 0.3) is 0 Å². The van der Waals surface area contributed by atoms with Gasteiger partial charge in [-0.1, -0.05) is 12.1 Å². The van der Waals surface area contributed by atoms with E-state index in [1.807, 2.05) is 0 Å². The maximum absolute atomic E-state index is 4.82. The van der Waals surface area contributed by atoms with E-state index in [-0.39, 0.29) is 0 Å². The Bertz CT molecular complexity index is 567. The predicted molar refractivity (Wildman–Crippen MR) is 82.7 cm³/mol. The van der Waals surface area contributed by atoms with Crippen LogP contribution in [0.2, 0.25) is 0 Å². The lowest BCUT2D eigenvalue weighted by Crippen LogP contribution is -2.32. The molecule has 1 saturated heterocycles. The highest BCUT2D eigenvalue weighted by atomic mass is 15.2. The van der Waals surface area contributed by atoms with E-state index in [1.165, 1.54) is 30.7 Å². The van der Waals surface area contributed by atoms with Crippen LogP contribution in [-0.2, 0) is 13.1 Å². The third-order valence-corrected chi connectivity index (χ3v) is 4.03. The van der Waals surface area contributed by atoms with E-state index in [9.17, 15) is 0 Å². The van der Waals surface area contributed by atoms with Gasteiger partial charge in [-0.25, -0.2) is 4.98 Å². The summed E-state index contributed by atoms with van der Waals surface area (Å²) in [5.74, 6) is 1.91. The van der Waals surface area contributed by atoms with Crippen molar-refractivity contribution in [1.82, 2.24) is 19.8 Å². The minimum Gasteiger partial charge on any atom is -0.327 e. The number of para-hydroxylation sites is 2. The Morgan fingerprint density at radius 2 is 2.20 bits per heavy atom. The third-order valence-electron chi connectivity index (χ3n) is 4.03. The Labute approximate surface area is 120 Å². The van der Waals surface area contributed by atoms with Crippen LogP contribution in [0.5, 0.6) is 0 Å². The highest BCUT2D eigenvalue weighted by Crippen LogP contribution is 2.21. The number of nitrogens with one attached hydrogen (secondary N) is 1. The number of piperidine rings is 1. The maximum atomic E-state index is 4.82. The molecule has 0 saturated carbocycles. The largest absolute Gasteiger partial charge is 0.327 e. The summed E-state index contributed by atoms with van der Waals surface area (Å²) < 4.78 is 2.42. The average Bonchev–Trinajstić information content (AvgIpc) is 2.77. The molecule has 0 aliphatic carbocycles. The fourth-order valence-corrected chi connectivity index (χ4v) is 3.07. The molecule has 108 valence electrons. The normalized spacial score (nSPS) is 19.9. The van der Waals surface area contributed by atoms with Crippen LogP contribution in [0.4, 0.5) is 0 Å². The summed E-state index contributed by atoms with van der Waals surface area (Å²) in [5, 5.41) is 3.51. The molecule has 2 heterocycles. The van der Waals surface area contributed by atoms with Gasteiger partial charge in [-0.3, -0.25) is 0 Å². The van der Waals surface area contributed by atoms with Gasteiger partial charge in [-0.05, 0) is 58.1 Å². The molecular formula is C16H24N4. The van der Waals surface area contributed by atoms with Crippen molar-refractivity contribution in [3.05, 3.63) is 30.1 Å². The maximum Gasteiger partial charge on any atom is 0.124 e. The summed E-state index contributed by atoms with van der Waals surface area (Å²) in [6.45, 7) is 4.28. The second-order valence-electron chi connectivity index (χ2n) is 6.08. The molecule has 1 aromatic heterocycles. The van der Waals surface area contributed by atoms with Crippen molar-refractivity contribution < 1.29 is 0 Å². The minimum absolute atomic E-state index is 0.724. The molecule has 1 aliphatic heterocycles. The number of imidazole rings is 1. The molecule has 1 N–H and O–H groups in total. The Hall–Kier alpha value is -1.39. The SMILES string of the molecule is CN(C)Cc1nc2ccccc2n1CC1CCCNC1. The van der Waals surface area contributed by atoms with E-state index in [0.29, 0.717) is 0 Å². The molecule has 4 heteroatoms. The fourth-order valence-electron chi connectivity index (χ4n) is 3.07. The zero-order valence-corrected chi connectivity index (χ0v) is 12.5. The van der Waals surface area contributed by atoms with Crippen molar-refractivity contribution >= 4 is 11.0 Å². The van der Waals surface area contributed by atoms with E-state index in [4.69, 9.17) is 4.98 Å². The smallest absolute Gasteiger partial charge is 0.124 e. The van der Waals surface area contributed by atoms with Crippen LogP contribution in [0, 0.1) is 5.92 Å². The van der Waals surface area contributed by atoms with Crippen molar-refractivity contribution in [2.45, 2.75) is 25.9 Å². The number of benzene rings is 1. The first kappa shape index (κ1) is 13.6. The van der Waals surface area contributed by atoms with Crippen molar-refractivity contribution in [3.8, 4) is 0 Å². The number of rotatable bonds is 4. The lowest BCUT2D eigenvalue weighted by Gasteiger charge is -2.24. The number of aromatic nitrogens is 2. The second-order valence-corrected chi connectivity index (χ2v) is 6.08. The summed E-state index contributed by atoms with van der Waals surface area (Å²) in [6.07, 6.45) is 2.61. The second kappa shape index (κ2) is 5.94. The molecule has 1 aromatic carbocycles. The first-order valence-electron chi connectivity index (χ1n) is 7.53. The van der Waals surface area contributed by atoms with Gasteiger partial charge in [0, 0.05) is 6.54 Å². The zero-order valence-electron chi connectivity index (χ0n) is 12.5. The number of hydrogen-bond acceptors (Lipinski definition) is 3. The van der Waals surface area contributed by atoms with E-state index in [0.717, 1.165) is 31.1 Å². The van der Waals surface area contributed by atoms with Gasteiger partial charge >= 0.3 is 0 Å². The molecule has 1 atom stereocenters. The minimum atomic E-state index is 0.724.